The molecule has 4 nitrogen and oxygen atoms in total. The van der Waals surface area contributed by atoms with Crippen molar-refractivity contribution in [3.63, 3.8) is 0 Å². The normalized spacial score (nSPS) is 22.3. The number of amides is 1. The second kappa shape index (κ2) is 7.29. The molecule has 1 aromatic carbocycles. The predicted molar refractivity (Wildman–Crippen MR) is 78.0 cm³/mol. The molecule has 0 atom stereocenters. The SMILES string of the molecule is CCCOc1ccc(C(=O)NC2CCC(O)CC2)cc1. The first kappa shape index (κ1) is 14.9. The molecule has 0 spiro atoms. The zero-order valence-electron chi connectivity index (χ0n) is 12.0. The van der Waals surface area contributed by atoms with Gasteiger partial charge in [-0.3, -0.25) is 4.79 Å². The van der Waals surface area contributed by atoms with Gasteiger partial charge in [-0.2, -0.15) is 0 Å². The summed E-state index contributed by atoms with van der Waals surface area (Å²) < 4.78 is 5.49. The molecule has 0 heterocycles. The Kier molecular flexibility index (Phi) is 5.41. The Labute approximate surface area is 120 Å². The fraction of sp³-hybridized carbons (Fsp3) is 0.562. The first-order valence-electron chi connectivity index (χ1n) is 7.41. The minimum absolute atomic E-state index is 0.0477. The van der Waals surface area contributed by atoms with Gasteiger partial charge in [0.2, 0.25) is 0 Å². The molecule has 4 heteroatoms. The van der Waals surface area contributed by atoms with Crippen molar-refractivity contribution in [2.45, 2.75) is 51.2 Å². The third-order valence-corrected chi connectivity index (χ3v) is 3.62. The van der Waals surface area contributed by atoms with Crippen LogP contribution in [0.4, 0.5) is 0 Å². The molecule has 2 N–H and O–H groups in total. The minimum atomic E-state index is -0.196. The van der Waals surface area contributed by atoms with E-state index in [-0.39, 0.29) is 18.1 Å². The molecular weight excluding hydrogens is 254 g/mol. The van der Waals surface area contributed by atoms with Gasteiger partial charge in [0.25, 0.3) is 5.91 Å². The fourth-order valence-corrected chi connectivity index (χ4v) is 2.41. The van der Waals surface area contributed by atoms with Crippen molar-refractivity contribution in [1.82, 2.24) is 5.32 Å². The average Bonchev–Trinajstić information content (AvgIpc) is 2.48. The maximum atomic E-state index is 12.1. The van der Waals surface area contributed by atoms with Crippen LogP contribution >= 0.6 is 0 Å². The van der Waals surface area contributed by atoms with Gasteiger partial charge in [0.1, 0.15) is 5.75 Å². The highest BCUT2D eigenvalue weighted by Gasteiger charge is 2.21. The van der Waals surface area contributed by atoms with Crippen LogP contribution in [0.15, 0.2) is 24.3 Å². The Hall–Kier alpha value is -1.55. The molecule has 110 valence electrons. The summed E-state index contributed by atoms with van der Waals surface area (Å²) in [5.74, 6) is 0.748. The number of carbonyl (C=O) groups excluding carboxylic acids is 1. The Bertz CT molecular complexity index is 422. The van der Waals surface area contributed by atoms with Crippen LogP contribution < -0.4 is 10.1 Å². The van der Waals surface area contributed by atoms with Gasteiger partial charge in [-0.25, -0.2) is 0 Å². The lowest BCUT2D eigenvalue weighted by atomic mass is 9.93. The number of hydrogen-bond acceptors (Lipinski definition) is 3. The molecule has 0 saturated heterocycles. The zero-order chi connectivity index (χ0) is 14.4. The van der Waals surface area contributed by atoms with Crippen molar-refractivity contribution < 1.29 is 14.6 Å². The van der Waals surface area contributed by atoms with Crippen LogP contribution in [0, 0.1) is 0 Å². The molecule has 20 heavy (non-hydrogen) atoms. The summed E-state index contributed by atoms with van der Waals surface area (Å²) in [5, 5.41) is 12.5. The van der Waals surface area contributed by atoms with Gasteiger partial charge in [-0.05, 0) is 56.4 Å². The van der Waals surface area contributed by atoms with E-state index in [1.165, 1.54) is 0 Å². The van der Waals surface area contributed by atoms with Crippen molar-refractivity contribution in [2.24, 2.45) is 0 Å². The molecule has 0 unspecified atom stereocenters. The van der Waals surface area contributed by atoms with E-state index in [9.17, 15) is 9.90 Å². The topological polar surface area (TPSA) is 58.6 Å². The monoisotopic (exact) mass is 277 g/mol. The second-order valence-corrected chi connectivity index (χ2v) is 5.35. The molecule has 1 amide bonds. The summed E-state index contributed by atoms with van der Waals surface area (Å²) in [6.07, 6.45) is 4.02. The van der Waals surface area contributed by atoms with Crippen LogP contribution in [0.3, 0.4) is 0 Å². The molecule has 1 aliphatic carbocycles. The van der Waals surface area contributed by atoms with Gasteiger partial charge >= 0.3 is 0 Å². The summed E-state index contributed by atoms with van der Waals surface area (Å²) in [6, 6.07) is 7.42. The quantitative estimate of drug-likeness (QED) is 0.869. The van der Waals surface area contributed by atoms with Crippen molar-refractivity contribution in [1.29, 1.82) is 0 Å². The van der Waals surface area contributed by atoms with E-state index in [1.807, 2.05) is 12.1 Å². The number of aliphatic hydroxyl groups excluding tert-OH is 1. The van der Waals surface area contributed by atoms with E-state index in [4.69, 9.17) is 4.74 Å². The van der Waals surface area contributed by atoms with Crippen LogP contribution in [0.5, 0.6) is 5.75 Å². The number of hydrogen-bond donors (Lipinski definition) is 2. The van der Waals surface area contributed by atoms with E-state index >= 15 is 0 Å². The molecule has 1 aromatic rings. The number of rotatable bonds is 5. The van der Waals surface area contributed by atoms with E-state index in [0.29, 0.717) is 12.2 Å². The number of ether oxygens (including phenoxy) is 1. The van der Waals surface area contributed by atoms with Crippen LogP contribution in [0.2, 0.25) is 0 Å². The number of carbonyl (C=O) groups is 1. The van der Waals surface area contributed by atoms with Crippen molar-refractivity contribution >= 4 is 5.91 Å². The second-order valence-electron chi connectivity index (χ2n) is 5.35. The number of aliphatic hydroxyl groups is 1. The third kappa shape index (κ3) is 4.23. The lowest BCUT2D eigenvalue weighted by Gasteiger charge is -2.26. The molecule has 1 fully saturated rings. The maximum absolute atomic E-state index is 12.1. The Balaban J connectivity index is 1.85. The first-order chi connectivity index (χ1) is 9.69. The van der Waals surface area contributed by atoms with E-state index in [0.717, 1.165) is 37.9 Å². The molecule has 0 aliphatic heterocycles. The fourth-order valence-electron chi connectivity index (χ4n) is 2.41. The lowest BCUT2D eigenvalue weighted by Crippen LogP contribution is -2.38. The maximum Gasteiger partial charge on any atom is 0.251 e. The van der Waals surface area contributed by atoms with Crippen LogP contribution in [-0.4, -0.2) is 29.8 Å². The van der Waals surface area contributed by atoms with Crippen LogP contribution in [-0.2, 0) is 0 Å². The predicted octanol–water partition coefficient (Wildman–Crippen LogP) is 2.51. The summed E-state index contributed by atoms with van der Waals surface area (Å²) in [7, 11) is 0. The Morgan fingerprint density at radius 2 is 1.90 bits per heavy atom. The Morgan fingerprint density at radius 3 is 2.50 bits per heavy atom. The molecule has 1 saturated carbocycles. The van der Waals surface area contributed by atoms with Crippen molar-refractivity contribution in [3.05, 3.63) is 29.8 Å². The Morgan fingerprint density at radius 1 is 1.25 bits per heavy atom. The number of nitrogens with one attached hydrogen (secondary N) is 1. The molecular formula is C16H23NO3. The van der Waals surface area contributed by atoms with Gasteiger partial charge in [0, 0.05) is 11.6 Å². The van der Waals surface area contributed by atoms with Crippen molar-refractivity contribution in [3.8, 4) is 5.75 Å². The van der Waals surface area contributed by atoms with E-state index in [2.05, 4.69) is 12.2 Å². The molecule has 0 aromatic heterocycles. The highest BCUT2D eigenvalue weighted by Crippen LogP contribution is 2.19. The van der Waals surface area contributed by atoms with E-state index in [1.54, 1.807) is 12.1 Å². The van der Waals surface area contributed by atoms with Gasteiger partial charge in [-0.1, -0.05) is 6.92 Å². The molecule has 1 aliphatic rings. The average molecular weight is 277 g/mol. The summed E-state index contributed by atoms with van der Waals surface area (Å²) in [5.41, 5.74) is 0.653. The highest BCUT2D eigenvalue weighted by molar-refractivity contribution is 5.94. The van der Waals surface area contributed by atoms with Gasteiger partial charge in [-0.15, -0.1) is 0 Å². The standard InChI is InChI=1S/C16H23NO3/c1-2-11-20-15-9-3-12(4-10-15)16(19)17-13-5-7-14(18)8-6-13/h3-4,9-10,13-14,18H,2,5-8,11H2,1H3,(H,17,19). The largest absolute Gasteiger partial charge is 0.494 e. The van der Waals surface area contributed by atoms with Crippen molar-refractivity contribution in [2.75, 3.05) is 6.61 Å². The third-order valence-electron chi connectivity index (χ3n) is 3.62. The molecule has 2 rings (SSSR count). The van der Waals surface area contributed by atoms with Gasteiger partial charge in [0.05, 0.1) is 12.7 Å². The van der Waals surface area contributed by atoms with Crippen LogP contribution in [0.1, 0.15) is 49.4 Å². The minimum Gasteiger partial charge on any atom is -0.494 e. The highest BCUT2D eigenvalue weighted by atomic mass is 16.5. The van der Waals surface area contributed by atoms with Gasteiger partial charge < -0.3 is 15.2 Å². The summed E-state index contributed by atoms with van der Waals surface area (Å²) in [4.78, 5) is 12.1. The van der Waals surface area contributed by atoms with Crippen LogP contribution in [0.25, 0.3) is 0 Å². The first-order valence-corrected chi connectivity index (χ1v) is 7.41. The zero-order valence-corrected chi connectivity index (χ0v) is 12.0. The summed E-state index contributed by atoms with van der Waals surface area (Å²) in [6.45, 7) is 2.75. The van der Waals surface area contributed by atoms with Gasteiger partial charge in [0.15, 0.2) is 0 Å². The smallest absolute Gasteiger partial charge is 0.251 e. The number of benzene rings is 1. The lowest BCUT2D eigenvalue weighted by molar-refractivity contribution is 0.0867. The molecule has 0 bridgehead atoms. The van der Waals surface area contributed by atoms with E-state index < -0.39 is 0 Å². The molecule has 0 radical (unpaired) electrons. The summed E-state index contributed by atoms with van der Waals surface area (Å²) >= 11 is 0.